The van der Waals surface area contributed by atoms with Gasteiger partial charge in [-0.25, -0.2) is 0 Å². The number of hydrogen-bond acceptors (Lipinski definition) is 3. The Kier molecular flexibility index (Phi) is 4.13. The second-order valence-electron chi connectivity index (χ2n) is 7.60. The highest BCUT2D eigenvalue weighted by molar-refractivity contribution is 6.14. The molecule has 0 aliphatic rings. The topological polar surface area (TPSA) is 54.7 Å². The normalized spacial score (nSPS) is 11.4. The highest BCUT2D eigenvalue weighted by Gasteiger charge is 2.15. The van der Waals surface area contributed by atoms with E-state index in [-0.39, 0.29) is 0 Å². The Hall–Kier alpha value is -4.18. The summed E-state index contributed by atoms with van der Waals surface area (Å²) in [5.74, 6) is 1.16. The Bertz CT molecular complexity index is 1510. The summed E-state index contributed by atoms with van der Waals surface area (Å²) in [4.78, 5) is 3.54. The van der Waals surface area contributed by atoms with Crippen LogP contribution in [0.15, 0.2) is 101 Å². The second kappa shape index (κ2) is 7.26. The maximum absolute atomic E-state index is 5.98. The molecule has 0 saturated carbocycles. The van der Waals surface area contributed by atoms with Crippen LogP contribution in [0.1, 0.15) is 11.5 Å². The SMILES string of the molecule is c1ccc(-c2nnc(Cc3ccccc3-c3cccc4[nH]c5ccccc5c34)o2)cc1. The standard InChI is InChI=1S/C27H19N3O/c1-2-9-18(10-3-1)27-30-29-25(31-27)17-19-11-4-5-12-20(19)21-14-8-16-24-26(21)22-13-6-7-15-23(22)28-24/h1-16,28H,17H2. The third kappa shape index (κ3) is 3.09. The summed E-state index contributed by atoms with van der Waals surface area (Å²) >= 11 is 0. The highest BCUT2D eigenvalue weighted by Crippen LogP contribution is 2.36. The van der Waals surface area contributed by atoms with Crippen molar-refractivity contribution in [3.63, 3.8) is 0 Å². The van der Waals surface area contributed by atoms with Crippen LogP contribution in [0.5, 0.6) is 0 Å². The van der Waals surface area contributed by atoms with Gasteiger partial charge >= 0.3 is 0 Å². The van der Waals surface area contributed by atoms with Crippen molar-refractivity contribution in [2.24, 2.45) is 0 Å². The number of para-hydroxylation sites is 1. The van der Waals surface area contributed by atoms with E-state index in [9.17, 15) is 0 Å². The summed E-state index contributed by atoms with van der Waals surface area (Å²) in [6.07, 6.45) is 0.578. The van der Waals surface area contributed by atoms with Crippen LogP contribution >= 0.6 is 0 Å². The van der Waals surface area contributed by atoms with E-state index in [2.05, 4.69) is 81.9 Å². The number of benzene rings is 4. The summed E-state index contributed by atoms with van der Waals surface area (Å²) < 4.78 is 5.98. The summed E-state index contributed by atoms with van der Waals surface area (Å²) in [5.41, 5.74) is 6.75. The first kappa shape index (κ1) is 17.7. The lowest BCUT2D eigenvalue weighted by Gasteiger charge is -2.10. The predicted octanol–water partition coefficient (Wildman–Crippen LogP) is 6.63. The zero-order valence-electron chi connectivity index (χ0n) is 16.7. The molecular weight excluding hydrogens is 382 g/mol. The van der Waals surface area contributed by atoms with Gasteiger partial charge in [0.15, 0.2) is 0 Å². The molecule has 0 aliphatic carbocycles. The van der Waals surface area contributed by atoms with Gasteiger partial charge < -0.3 is 9.40 Å². The van der Waals surface area contributed by atoms with Gasteiger partial charge in [0, 0.05) is 27.4 Å². The molecule has 0 unspecified atom stereocenters. The molecule has 148 valence electrons. The monoisotopic (exact) mass is 401 g/mol. The number of aromatic nitrogens is 3. The number of nitrogens with one attached hydrogen (secondary N) is 1. The molecule has 0 aliphatic heterocycles. The lowest BCUT2D eigenvalue weighted by atomic mass is 9.94. The van der Waals surface area contributed by atoms with E-state index in [0.29, 0.717) is 18.2 Å². The van der Waals surface area contributed by atoms with E-state index in [0.717, 1.165) is 22.2 Å². The fourth-order valence-electron chi connectivity index (χ4n) is 4.25. The van der Waals surface area contributed by atoms with Gasteiger partial charge in [0.05, 0.1) is 6.42 Å². The number of fused-ring (bicyclic) bond motifs is 3. The number of nitrogens with zero attached hydrogens (tertiary/aromatic N) is 2. The van der Waals surface area contributed by atoms with Gasteiger partial charge in [0.25, 0.3) is 0 Å². The van der Waals surface area contributed by atoms with Gasteiger partial charge in [0.2, 0.25) is 11.8 Å². The first-order valence-corrected chi connectivity index (χ1v) is 10.3. The maximum atomic E-state index is 5.98. The van der Waals surface area contributed by atoms with Crippen molar-refractivity contribution in [2.75, 3.05) is 0 Å². The van der Waals surface area contributed by atoms with E-state index >= 15 is 0 Å². The quantitative estimate of drug-likeness (QED) is 0.361. The molecule has 0 radical (unpaired) electrons. The number of H-pyrrole nitrogens is 1. The van der Waals surface area contributed by atoms with Crippen molar-refractivity contribution in [3.8, 4) is 22.6 Å². The van der Waals surface area contributed by atoms with Crippen molar-refractivity contribution in [1.29, 1.82) is 0 Å². The molecule has 1 N–H and O–H groups in total. The van der Waals surface area contributed by atoms with Gasteiger partial charge in [-0.1, -0.05) is 72.8 Å². The Balaban J connectivity index is 1.45. The Labute approximate surface area is 179 Å². The van der Waals surface area contributed by atoms with E-state index < -0.39 is 0 Å². The number of hydrogen-bond donors (Lipinski definition) is 1. The Morgan fingerprint density at radius 1 is 0.645 bits per heavy atom. The zero-order chi connectivity index (χ0) is 20.6. The van der Waals surface area contributed by atoms with Gasteiger partial charge in [-0.3, -0.25) is 0 Å². The first-order chi connectivity index (χ1) is 15.4. The van der Waals surface area contributed by atoms with Crippen LogP contribution in [-0.4, -0.2) is 15.2 Å². The fourth-order valence-corrected chi connectivity index (χ4v) is 4.25. The minimum absolute atomic E-state index is 0.548. The van der Waals surface area contributed by atoms with Crippen LogP contribution in [0.4, 0.5) is 0 Å². The van der Waals surface area contributed by atoms with Crippen molar-refractivity contribution in [3.05, 3.63) is 109 Å². The molecule has 0 saturated heterocycles. The largest absolute Gasteiger partial charge is 0.420 e. The molecule has 4 aromatic carbocycles. The smallest absolute Gasteiger partial charge is 0.247 e. The number of aromatic amines is 1. The third-order valence-electron chi connectivity index (χ3n) is 5.67. The molecule has 4 heteroatoms. The van der Waals surface area contributed by atoms with E-state index in [4.69, 9.17) is 4.42 Å². The van der Waals surface area contributed by atoms with Crippen LogP contribution in [-0.2, 0) is 6.42 Å². The van der Waals surface area contributed by atoms with E-state index in [1.807, 2.05) is 30.3 Å². The van der Waals surface area contributed by atoms with Gasteiger partial charge in [-0.05, 0) is 41.0 Å². The third-order valence-corrected chi connectivity index (χ3v) is 5.67. The van der Waals surface area contributed by atoms with Crippen molar-refractivity contribution in [2.45, 2.75) is 6.42 Å². The summed E-state index contributed by atoms with van der Waals surface area (Å²) in [6, 6.07) is 33.2. The average Bonchev–Trinajstić information content (AvgIpc) is 3.44. The van der Waals surface area contributed by atoms with Crippen LogP contribution in [0.2, 0.25) is 0 Å². The molecule has 4 nitrogen and oxygen atoms in total. The second-order valence-corrected chi connectivity index (χ2v) is 7.60. The average molecular weight is 401 g/mol. The first-order valence-electron chi connectivity index (χ1n) is 10.3. The van der Waals surface area contributed by atoms with E-state index in [1.165, 1.54) is 21.9 Å². The lowest BCUT2D eigenvalue weighted by Crippen LogP contribution is -1.93. The summed E-state index contributed by atoms with van der Waals surface area (Å²) in [5, 5.41) is 11.0. The lowest BCUT2D eigenvalue weighted by molar-refractivity contribution is 0.518. The number of rotatable bonds is 4. The molecule has 31 heavy (non-hydrogen) atoms. The molecule has 2 heterocycles. The molecule has 6 aromatic rings. The van der Waals surface area contributed by atoms with Crippen LogP contribution in [0, 0.1) is 0 Å². The van der Waals surface area contributed by atoms with Crippen molar-refractivity contribution in [1.82, 2.24) is 15.2 Å². The molecule has 0 fully saturated rings. The van der Waals surface area contributed by atoms with Crippen molar-refractivity contribution >= 4 is 21.8 Å². The van der Waals surface area contributed by atoms with Gasteiger partial charge in [-0.2, -0.15) is 0 Å². The van der Waals surface area contributed by atoms with Crippen LogP contribution < -0.4 is 0 Å². The van der Waals surface area contributed by atoms with Crippen molar-refractivity contribution < 1.29 is 4.42 Å². The Morgan fingerprint density at radius 3 is 2.32 bits per heavy atom. The van der Waals surface area contributed by atoms with E-state index in [1.54, 1.807) is 0 Å². The molecule has 6 rings (SSSR count). The highest BCUT2D eigenvalue weighted by atomic mass is 16.4. The molecule has 0 amide bonds. The summed E-state index contributed by atoms with van der Waals surface area (Å²) in [6.45, 7) is 0. The van der Waals surface area contributed by atoms with Gasteiger partial charge in [0.1, 0.15) is 0 Å². The van der Waals surface area contributed by atoms with Crippen LogP contribution in [0.3, 0.4) is 0 Å². The molecule has 0 spiro atoms. The molecule has 2 aromatic heterocycles. The maximum Gasteiger partial charge on any atom is 0.247 e. The molecule has 0 bridgehead atoms. The summed E-state index contributed by atoms with van der Waals surface area (Å²) in [7, 11) is 0. The van der Waals surface area contributed by atoms with Gasteiger partial charge in [-0.15, -0.1) is 10.2 Å². The molecular formula is C27H19N3O. The minimum Gasteiger partial charge on any atom is -0.420 e. The predicted molar refractivity (Wildman–Crippen MR) is 124 cm³/mol. The minimum atomic E-state index is 0.548. The van der Waals surface area contributed by atoms with Crippen LogP contribution in [0.25, 0.3) is 44.4 Å². The zero-order valence-corrected chi connectivity index (χ0v) is 16.7. The Morgan fingerprint density at radius 2 is 1.39 bits per heavy atom. The fraction of sp³-hybridized carbons (Fsp3) is 0.0370. The molecule has 0 atom stereocenters.